The van der Waals surface area contributed by atoms with Crippen molar-refractivity contribution in [2.45, 2.75) is 26.3 Å². The van der Waals surface area contributed by atoms with Gasteiger partial charge in [0.05, 0.1) is 16.6 Å². The Kier molecular flexibility index (Phi) is 6.40. The van der Waals surface area contributed by atoms with Crippen LogP contribution in [0.25, 0.3) is 31.9 Å². The smallest absolute Gasteiger partial charge is 0.229 e. The number of fused-ring (bicyclic) bond motifs is 2. The summed E-state index contributed by atoms with van der Waals surface area (Å²) >= 11 is 3.43. The number of carbonyl (C=O) groups is 1. The predicted molar refractivity (Wildman–Crippen MR) is 152 cm³/mol. The zero-order valence-corrected chi connectivity index (χ0v) is 21.8. The van der Waals surface area contributed by atoms with Crippen LogP contribution in [-0.2, 0) is 24.2 Å². The maximum absolute atomic E-state index is 13.2. The zero-order valence-electron chi connectivity index (χ0n) is 20.2. The summed E-state index contributed by atoms with van der Waals surface area (Å²) in [5, 5.41) is 5.20. The summed E-state index contributed by atoms with van der Waals surface area (Å²) in [6.45, 7) is 5.22. The van der Waals surface area contributed by atoms with Crippen molar-refractivity contribution in [2.75, 3.05) is 18.4 Å². The molecule has 0 spiro atoms. The molecule has 180 valence electrons. The lowest BCUT2D eigenvalue weighted by Gasteiger charge is -2.25. The Morgan fingerprint density at radius 1 is 0.944 bits per heavy atom. The third-order valence-corrected chi connectivity index (χ3v) is 8.96. The first-order valence-corrected chi connectivity index (χ1v) is 14.0. The van der Waals surface area contributed by atoms with E-state index in [1.807, 2.05) is 24.3 Å². The molecule has 5 aromatic rings. The number of anilines is 1. The molecule has 1 aliphatic heterocycles. The summed E-state index contributed by atoms with van der Waals surface area (Å²) in [7, 11) is 0. The van der Waals surface area contributed by atoms with E-state index in [0.29, 0.717) is 6.42 Å². The van der Waals surface area contributed by atoms with Gasteiger partial charge in [0.15, 0.2) is 0 Å². The molecule has 36 heavy (non-hydrogen) atoms. The van der Waals surface area contributed by atoms with Crippen molar-refractivity contribution in [1.82, 2.24) is 9.88 Å². The van der Waals surface area contributed by atoms with Crippen LogP contribution in [0.2, 0.25) is 0 Å². The fraction of sp³-hybridized carbons (Fsp3) is 0.200. The molecule has 0 saturated heterocycles. The summed E-state index contributed by atoms with van der Waals surface area (Å²) in [5.74, 6) is 0.00997. The van der Waals surface area contributed by atoms with Crippen LogP contribution < -0.4 is 5.32 Å². The van der Waals surface area contributed by atoms with Gasteiger partial charge in [-0.05, 0) is 47.4 Å². The van der Waals surface area contributed by atoms with Gasteiger partial charge in [-0.2, -0.15) is 0 Å². The molecule has 1 N–H and O–H groups in total. The first-order valence-electron chi connectivity index (χ1n) is 12.3. The average Bonchev–Trinajstić information content (AvgIpc) is 3.49. The van der Waals surface area contributed by atoms with E-state index < -0.39 is 0 Å². The number of likely N-dealkylation sites (N-methyl/N-ethyl adjacent to an activating group) is 1. The van der Waals surface area contributed by atoms with Gasteiger partial charge in [0, 0.05) is 23.5 Å². The summed E-state index contributed by atoms with van der Waals surface area (Å²) in [4.78, 5) is 22.0. The first kappa shape index (κ1) is 23.1. The number of para-hydroxylation sites is 1. The summed E-state index contributed by atoms with van der Waals surface area (Å²) < 4.78 is 1.18. The van der Waals surface area contributed by atoms with E-state index in [4.69, 9.17) is 4.98 Å². The molecule has 1 amide bonds. The lowest BCUT2D eigenvalue weighted by atomic mass is 10.0. The van der Waals surface area contributed by atoms with Crippen LogP contribution in [0.3, 0.4) is 0 Å². The number of benzene rings is 3. The van der Waals surface area contributed by atoms with Crippen LogP contribution in [0.4, 0.5) is 5.00 Å². The third-order valence-electron chi connectivity index (χ3n) is 6.77. The minimum absolute atomic E-state index is 0.00997. The summed E-state index contributed by atoms with van der Waals surface area (Å²) in [6, 6.07) is 26.8. The summed E-state index contributed by atoms with van der Waals surface area (Å²) in [6.07, 6.45) is 1.33. The van der Waals surface area contributed by atoms with Crippen LogP contribution in [0.15, 0.2) is 78.9 Å². The van der Waals surface area contributed by atoms with Crippen LogP contribution in [-0.4, -0.2) is 28.9 Å². The van der Waals surface area contributed by atoms with Gasteiger partial charge < -0.3 is 5.32 Å². The van der Waals surface area contributed by atoms with Crippen LogP contribution in [0.1, 0.15) is 22.9 Å². The van der Waals surface area contributed by atoms with Crippen LogP contribution in [0.5, 0.6) is 0 Å². The molecule has 3 aromatic carbocycles. The minimum Gasteiger partial charge on any atom is -0.317 e. The Morgan fingerprint density at radius 2 is 1.69 bits per heavy atom. The average molecular weight is 510 g/mol. The SMILES string of the molecule is CCN1CCc2c(sc(NC(=O)Cc3ccc(-c4ccccc4)cc3)c2-c2nc3ccccc3s2)C1. The van der Waals surface area contributed by atoms with E-state index in [1.54, 1.807) is 22.7 Å². The second-order valence-electron chi connectivity index (χ2n) is 9.10. The number of aromatic nitrogens is 1. The van der Waals surface area contributed by atoms with Crippen molar-refractivity contribution in [3.8, 4) is 21.7 Å². The lowest BCUT2D eigenvalue weighted by Crippen LogP contribution is -2.29. The van der Waals surface area contributed by atoms with Crippen molar-refractivity contribution in [3.63, 3.8) is 0 Å². The highest BCUT2D eigenvalue weighted by Crippen LogP contribution is 2.45. The second kappa shape index (κ2) is 9.97. The number of thiophene rings is 1. The number of amides is 1. The van der Waals surface area contributed by atoms with Gasteiger partial charge in [0.2, 0.25) is 5.91 Å². The number of nitrogens with one attached hydrogen (secondary N) is 1. The van der Waals surface area contributed by atoms with E-state index in [2.05, 4.69) is 71.7 Å². The highest BCUT2D eigenvalue weighted by atomic mass is 32.1. The molecule has 0 unspecified atom stereocenters. The molecule has 0 radical (unpaired) electrons. The maximum atomic E-state index is 13.2. The predicted octanol–water partition coefficient (Wildman–Crippen LogP) is 7.25. The number of carbonyl (C=O) groups excluding carboxylic acids is 1. The van der Waals surface area contributed by atoms with E-state index in [1.165, 1.54) is 20.7 Å². The van der Waals surface area contributed by atoms with E-state index in [0.717, 1.165) is 58.3 Å². The van der Waals surface area contributed by atoms with Gasteiger partial charge in [0.25, 0.3) is 0 Å². The molecule has 0 fully saturated rings. The number of hydrogen-bond donors (Lipinski definition) is 1. The monoisotopic (exact) mass is 509 g/mol. The van der Waals surface area contributed by atoms with E-state index in [9.17, 15) is 4.79 Å². The molecule has 6 rings (SSSR count). The first-order chi connectivity index (χ1) is 17.7. The molecular weight excluding hydrogens is 482 g/mol. The normalized spacial score (nSPS) is 13.6. The number of thiazole rings is 1. The second-order valence-corrected chi connectivity index (χ2v) is 11.2. The fourth-order valence-electron chi connectivity index (χ4n) is 4.82. The number of rotatable bonds is 6. The standard InChI is InChI=1S/C30H27N3OS2/c1-2-33-17-16-23-26(19-33)36-30(28(23)29-31-24-10-6-7-11-25(24)35-29)32-27(34)18-20-12-14-22(15-13-20)21-8-4-3-5-9-21/h3-15H,2,16-19H2,1H3,(H,32,34). The Hall–Kier alpha value is -3.32. The molecule has 0 atom stereocenters. The van der Waals surface area contributed by atoms with Crippen LogP contribution >= 0.6 is 22.7 Å². The molecule has 4 nitrogen and oxygen atoms in total. The maximum Gasteiger partial charge on any atom is 0.229 e. The largest absolute Gasteiger partial charge is 0.317 e. The molecule has 3 heterocycles. The topological polar surface area (TPSA) is 45.2 Å². The Morgan fingerprint density at radius 3 is 2.47 bits per heavy atom. The molecular formula is C30H27N3OS2. The van der Waals surface area contributed by atoms with Gasteiger partial charge in [-0.1, -0.05) is 73.7 Å². The summed E-state index contributed by atoms with van der Waals surface area (Å²) in [5.41, 5.74) is 6.83. The van der Waals surface area contributed by atoms with Crippen molar-refractivity contribution in [1.29, 1.82) is 0 Å². The Bertz CT molecular complexity index is 1490. The van der Waals surface area contributed by atoms with Crippen LogP contribution in [0, 0.1) is 0 Å². The van der Waals surface area contributed by atoms with Gasteiger partial charge in [-0.15, -0.1) is 22.7 Å². The van der Waals surface area contributed by atoms with E-state index in [-0.39, 0.29) is 5.91 Å². The van der Waals surface area contributed by atoms with Crippen molar-refractivity contribution in [3.05, 3.63) is 94.9 Å². The minimum atomic E-state index is 0.00997. The highest BCUT2D eigenvalue weighted by Gasteiger charge is 2.27. The highest BCUT2D eigenvalue weighted by molar-refractivity contribution is 7.22. The third kappa shape index (κ3) is 4.60. The molecule has 2 aromatic heterocycles. The van der Waals surface area contributed by atoms with Gasteiger partial charge in [0.1, 0.15) is 10.0 Å². The van der Waals surface area contributed by atoms with Crippen molar-refractivity contribution < 1.29 is 4.79 Å². The number of hydrogen-bond acceptors (Lipinski definition) is 5. The lowest BCUT2D eigenvalue weighted by molar-refractivity contribution is -0.115. The van der Waals surface area contributed by atoms with Crippen molar-refractivity contribution in [2.24, 2.45) is 0 Å². The van der Waals surface area contributed by atoms with Gasteiger partial charge in [-0.25, -0.2) is 4.98 Å². The quantitative estimate of drug-likeness (QED) is 0.262. The molecule has 1 aliphatic rings. The fourth-order valence-corrected chi connectivity index (χ4v) is 7.24. The number of nitrogens with zero attached hydrogens (tertiary/aromatic N) is 2. The Labute approximate surface area is 219 Å². The van der Waals surface area contributed by atoms with Gasteiger partial charge >= 0.3 is 0 Å². The molecule has 0 aliphatic carbocycles. The Balaban J connectivity index is 1.27. The molecule has 0 bridgehead atoms. The van der Waals surface area contributed by atoms with Crippen molar-refractivity contribution >= 4 is 43.8 Å². The molecule has 6 heteroatoms. The molecule has 0 saturated carbocycles. The zero-order chi connectivity index (χ0) is 24.5. The van der Waals surface area contributed by atoms with E-state index >= 15 is 0 Å². The van der Waals surface area contributed by atoms with Gasteiger partial charge in [-0.3, -0.25) is 9.69 Å².